The van der Waals surface area contributed by atoms with Gasteiger partial charge in [-0.1, -0.05) is 29.3 Å². The molecule has 0 aromatic heterocycles. The molecule has 0 aliphatic rings. The maximum absolute atomic E-state index is 12.2. The smallest absolute Gasteiger partial charge is 0.273 e. The quantitative estimate of drug-likeness (QED) is 0.607. The number of hydrazine groups is 1. The van der Waals surface area contributed by atoms with Gasteiger partial charge in [0.2, 0.25) is 0 Å². The number of hydrogen-bond donors (Lipinski definition) is 2. The Morgan fingerprint density at radius 2 is 1.84 bits per heavy atom. The number of hydrogen-bond acceptors (Lipinski definition) is 5. The minimum atomic E-state index is -4.20. The van der Waals surface area contributed by atoms with E-state index in [1.54, 1.807) is 25.1 Å². The number of carbonyl (C=O) groups excluding carboxylic acids is 1. The van der Waals surface area contributed by atoms with Gasteiger partial charge in [0.15, 0.2) is 0 Å². The van der Waals surface area contributed by atoms with Crippen LogP contribution in [0.4, 0.5) is 5.69 Å². The summed E-state index contributed by atoms with van der Waals surface area (Å²) >= 11 is 5.65. The largest absolute Gasteiger partial charge is 0.289 e. The summed E-state index contributed by atoms with van der Waals surface area (Å²) < 4.78 is 24.4. The van der Waals surface area contributed by atoms with Gasteiger partial charge in [0.25, 0.3) is 21.6 Å². The Morgan fingerprint density at radius 3 is 2.44 bits per heavy atom. The van der Waals surface area contributed by atoms with Crippen LogP contribution < -0.4 is 10.3 Å². The lowest BCUT2D eigenvalue weighted by Crippen LogP contribution is -2.41. The van der Waals surface area contributed by atoms with Crippen molar-refractivity contribution < 1.29 is 18.1 Å². The molecule has 0 bridgehead atoms. The number of sulfonamides is 1. The molecule has 0 fully saturated rings. The molecule has 0 aliphatic heterocycles. The molecule has 0 unspecified atom stereocenters. The van der Waals surface area contributed by atoms with Gasteiger partial charge >= 0.3 is 0 Å². The summed E-state index contributed by atoms with van der Waals surface area (Å²) in [6.45, 7) is 3.59. The number of nitro benzene ring substituents is 1. The lowest BCUT2D eigenvalue weighted by Gasteiger charge is -2.10. The summed E-state index contributed by atoms with van der Waals surface area (Å²) in [5.74, 6) is -0.649. The zero-order valence-corrected chi connectivity index (χ0v) is 14.8. The highest BCUT2D eigenvalue weighted by Crippen LogP contribution is 2.26. The predicted molar refractivity (Wildman–Crippen MR) is 91.8 cm³/mol. The van der Waals surface area contributed by atoms with Gasteiger partial charge in [0.1, 0.15) is 5.02 Å². The van der Waals surface area contributed by atoms with E-state index in [2.05, 4.69) is 5.43 Å². The van der Waals surface area contributed by atoms with Gasteiger partial charge in [-0.25, -0.2) is 8.42 Å². The highest BCUT2D eigenvalue weighted by Gasteiger charge is 2.21. The van der Waals surface area contributed by atoms with E-state index in [4.69, 9.17) is 11.6 Å². The van der Waals surface area contributed by atoms with Gasteiger partial charge in [-0.05, 0) is 37.6 Å². The highest BCUT2D eigenvalue weighted by molar-refractivity contribution is 7.89. The molecule has 0 atom stereocenters. The van der Waals surface area contributed by atoms with E-state index in [1.165, 1.54) is 0 Å². The Bertz CT molecular complexity index is 960. The summed E-state index contributed by atoms with van der Waals surface area (Å²) in [5.41, 5.74) is 3.47. The molecular formula is C15H14ClN3O5S. The molecule has 2 aromatic rings. The second kappa shape index (κ2) is 7.18. The molecule has 1 amide bonds. The molecule has 0 heterocycles. The third kappa shape index (κ3) is 4.32. The van der Waals surface area contributed by atoms with E-state index in [0.717, 1.165) is 23.8 Å². The molecule has 0 aliphatic carbocycles. The van der Waals surface area contributed by atoms with Crippen LogP contribution in [0.2, 0.25) is 5.02 Å². The second-order valence-electron chi connectivity index (χ2n) is 5.25. The molecule has 0 spiro atoms. The highest BCUT2D eigenvalue weighted by atomic mass is 35.5. The fourth-order valence-corrected chi connectivity index (χ4v) is 3.15. The van der Waals surface area contributed by atoms with Crippen molar-refractivity contribution in [1.82, 2.24) is 10.3 Å². The van der Waals surface area contributed by atoms with Crippen LogP contribution in [0.25, 0.3) is 0 Å². The first-order chi connectivity index (χ1) is 11.6. The van der Waals surface area contributed by atoms with Gasteiger partial charge < -0.3 is 0 Å². The van der Waals surface area contributed by atoms with Crippen LogP contribution in [0.15, 0.2) is 41.3 Å². The van der Waals surface area contributed by atoms with Crippen molar-refractivity contribution in [2.75, 3.05) is 0 Å². The van der Waals surface area contributed by atoms with Gasteiger partial charge in [-0.15, -0.1) is 4.83 Å². The van der Waals surface area contributed by atoms with Gasteiger partial charge in [0, 0.05) is 11.6 Å². The normalized spacial score (nSPS) is 11.2. The van der Waals surface area contributed by atoms with Crippen molar-refractivity contribution in [3.05, 3.63) is 68.2 Å². The van der Waals surface area contributed by atoms with Crippen LogP contribution in [0, 0.1) is 24.0 Å². The van der Waals surface area contributed by atoms with Gasteiger partial charge in [-0.3, -0.25) is 20.3 Å². The maximum atomic E-state index is 12.2. The van der Waals surface area contributed by atoms with E-state index >= 15 is 0 Å². The zero-order chi connectivity index (χ0) is 18.8. The molecule has 132 valence electrons. The van der Waals surface area contributed by atoms with Gasteiger partial charge in [0.05, 0.1) is 9.82 Å². The van der Waals surface area contributed by atoms with E-state index < -0.39 is 31.4 Å². The topological polar surface area (TPSA) is 118 Å². The van der Waals surface area contributed by atoms with E-state index in [0.29, 0.717) is 11.1 Å². The van der Waals surface area contributed by atoms with Crippen molar-refractivity contribution in [2.24, 2.45) is 0 Å². The van der Waals surface area contributed by atoms with Crippen LogP contribution >= 0.6 is 11.6 Å². The van der Waals surface area contributed by atoms with Crippen molar-refractivity contribution in [2.45, 2.75) is 18.7 Å². The Labute approximate surface area is 149 Å². The monoisotopic (exact) mass is 383 g/mol. The lowest BCUT2D eigenvalue weighted by molar-refractivity contribution is -0.384. The number of aryl methyl sites for hydroxylation is 2. The Morgan fingerprint density at radius 1 is 1.16 bits per heavy atom. The minimum absolute atomic E-state index is 0.191. The molecule has 2 N–H and O–H groups in total. The third-order valence-electron chi connectivity index (χ3n) is 3.35. The minimum Gasteiger partial charge on any atom is -0.273 e. The van der Waals surface area contributed by atoms with Crippen molar-refractivity contribution in [3.63, 3.8) is 0 Å². The molecule has 2 aromatic carbocycles. The summed E-state index contributed by atoms with van der Waals surface area (Å²) in [7, 11) is -4.20. The maximum Gasteiger partial charge on any atom is 0.289 e. The average Bonchev–Trinajstić information content (AvgIpc) is 2.52. The zero-order valence-electron chi connectivity index (χ0n) is 13.2. The number of halogens is 1. The number of carbonyl (C=O) groups is 1. The van der Waals surface area contributed by atoms with Gasteiger partial charge in [-0.2, -0.15) is 0 Å². The first kappa shape index (κ1) is 18.8. The average molecular weight is 384 g/mol. The lowest BCUT2D eigenvalue weighted by atomic mass is 10.1. The van der Waals surface area contributed by atoms with Crippen molar-refractivity contribution in [3.8, 4) is 0 Å². The summed E-state index contributed by atoms with van der Waals surface area (Å²) in [6, 6.07) is 8.08. The van der Waals surface area contributed by atoms with Crippen LogP contribution in [0.1, 0.15) is 21.5 Å². The van der Waals surface area contributed by atoms with Crippen LogP contribution in [-0.4, -0.2) is 19.2 Å². The summed E-state index contributed by atoms with van der Waals surface area (Å²) in [5, 5.41) is 10.7. The van der Waals surface area contributed by atoms with Crippen LogP contribution in [0.3, 0.4) is 0 Å². The van der Waals surface area contributed by atoms with E-state index in [1.807, 2.05) is 11.8 Å². The Kier molecular flexibility index (Phi) is 5.41. The molecule has 8 nitrogen and oxygen atoms in total. The first-order valence-electron chi connectivity index (χ1n) is 6.95. The molecule has 2 rings (SSSR count). The predicted octanol–water partition coefficient (Wildman–Crippen LogP) is 2.49. The number of nitrogens with one attached hydrogen (secondary N) is 2. The number of rotatable bonds is 5. The Balaban J connectivity index is 2.20. The number of amides is 1. The summed E-state index contributed by atoms with van der Waals surface area (Å²) in [4.78, 5) is 23.7. The fourth-order valence-electron chi connectivity index (χ4n) is 2.11. The molecular weight excluding hydrogens is 370 g/mol. The SMILES string of the molecule is Cc1ccc(C(=O)NNS(=O)(=O)c2ccc(Cl)c([N+](=O)[O-])c2)c(C)c1. The van der Waals surface area contributed by atoms with Crippen molar-refractivity contribution in [1.29, 1.82) is 0 Å². The van der Waals surface area contributed by atoms with Crippen molar-refractivity contribution >= 4 is 33.2 Å². The molecule has 10 heteroatoms. The van der Waals surface area contributed by atoms with E-state index in [-0.39, 0.29) is 5.02 Å². The number of nitrogens with zero attached hydrogens (tertiary/aromatic N) is 1. The molecule has 0 saturated carbocycles. The van der Waals surface area contributed by atoms with Crippen LogP contribution in [-0.2, 0) is 10.0 Å². The first-order valence-corrected chi connectivity index (χ1v) is 8.81. The molecule has 25 heavy (non-hydrogen) atoms. The summed E-state index contributed by atoms with van der Waals surface area (Å²) in [6.07, 6.45) is 0. The fraction of sp³-hybridized carbons (Fsp3) is 0.133. The molecule has 0 radical (unpaired) electrons. The number of nitro groups is 1. The standard InChI is InChI=1S/C15H14ClN3O5S/c1-9-3-5-12(10(2)7-9)15(20)17-18-25(23,24)11-4-6-13(16)14(8-11)19(21)22/h3-8,18H,1-2H3,(H,17,20). The third-order valence-corrected chi connectivity index (χ3v) is 4.91. The van der Waals surface area contributed by atoms with Crippen LogP contribution in [0.5, 0.6) is 0 Å². The molecule has 0 saturated heterocycles. The Hall–Kier alpha value is -2.49. The van der Waals surface area contributed by atoms with E-state index in [9.17, 15) is 23.3 Å². The second-order valence-corrected chi connectivity index (χ2v) is 7.34. The number of benzene rings is 2.